The van der Waals surface area contributed by atoms with Crippen LogP contribution in [0.5, 0.6) is 0 Å². The first-order valence-corrected chi connectivity index (χ1v) is 14.5. The summed E-state index contributed by atoms with van der Waals surface area (Å²) in [6.07, 6.45) is 0. The van der Waals surface area contributed by atoms with Crippen molar-refractivity contribution in [2.75, 3.05) is 0 Å². The minimum atomic E-state index is -11.2. The summed E-state index contributed by atoms with van der Waals surface area (Å²) in [5.41, 5.74) is 0. The molecule has 0 aliphatic rings. The zero-order valence-electron chi connectivity index (χ0n) is 9.94. The summed E-state index contributed by atoms with van der Waals surface area (Å²) in [5, 5.41) is 0. The van der Waals surface area contributed by atoms with Crippen LogP contribution in [-0.4, -0.2) is 42.7 Å². The van der Waals surface area contributed by atoms with Gasteiger partial charge in [0, 0.05) is 0 Å². The molecule has 2 aromatic carbocycles. The van der Waals surface area contributed by atoms with Crippen LogP contribution < -0.4 is 6.54 Å². The van der Waals surface area contributed by atoms with Crippen LogP contribution in [0.3, 0.4) is 0 Å². The Labute approximate surface area is 126 Å². The Morgan fingerprint density at radius 3 is 1.05 bits per heavy atom. The van der Waals surface area contributed by atoms with Gasteiger partial charge in [-0.2, -0.15) is 0 Å². The van der Waals surface area contributed by atoms with E-state index in [1.165, 1.54) is 0 Å². The Hall–Kier alpha value is -0.279. The van der Waals surface area contributed by atoms with Gasteiger partial charge in [-0.05, 0) is 0 Å². The quantitative estimate of drug-likeness (QED) is 0.367. The molecule has 110 valence electrons. The fraction of sp³-hybridized carbons (Fsp3) is 0. The molecule has 0 nitrogen and oxygen atoms in total. The maximum atomic E-state index is 9.93. The second-order valence-electron chi connectivity index (χ2n) is 3.74. The van der Waals surface area contributed by atoms with Gasteiger partial charge in [-0.25, -0.2) is 0 Å². The summed E-state index contributed by atoms with van der Waals surface area (Å²) in [6, 6.07) is 21.6. The van der Waals surface area contributed by atoms with Gasteiger partial charge < -0.3 is 0 Å². The number of benzene rings is 2. The van der Waals surface area contributed by atoms with E-state index in [1.54, 1.807) is 6.54 Å². The Kier molecular flexibility index (Phi) is 5.19. The van der Waals surface area contributed by atoms with Crippen molar-refractivity contribution in [3.05, 3.63) is 60.7 Å². The van der Waals surface area contributed by atoms with E-state index in [1.807, 2.05) is 0 Å². The summed E-state index contributed by atoms with van der Waals surface area (Å²) in [5.74, 6) is 0. The van der Waals surface area contributed by atoms with Crippen molar-refractivity contribution >= 4 is 49.3 Å². The fourth-order valence-corrected chi connectivity index (χ4v) is 4.81. The topological polar surface area (TPSA) is 0 Å². The molecule has 0 heterocycles. The van der Waals surface area contributed by atoms with E-state index >= 15 is 0 Å². The zero-order valence-corrected chi connectivity index (χ0v) is 16.0. The molecular formula is C12H10BiF6Sb. The molecule has 8 heteroatoms. The molecule has 0 saturated heterocycles. The third-order valence-corrected chi connectivity index (χ3v) is 6.10. The molecule has 0 unspecified atom stereocenters. The van der Waals surface area contributed by atoms with Crippen molar-refractivity contribution in [1.82, 2.24) is 0 Å². The standard InChI is InChI=1S/2C6H5.Bi.6FH.Sb/c2*1-2-4-6-5-3-1;;;;;;;;/h2*1-5H;;6*1H;/q;;+1;;;;;;;+5/p-6. The SMILES string of the molecule is [F][Sb-]([F])([F])([F])([F])[F].c1cc[c]([Bi+][c]2ccccc2)cc1. The molecule has 2 rings (SSSR count). The van der Waals surface area contributed by atoms with Gasteiger partial charge in [-0.3, -0.25) is 0 Å². The first kappa shape index (κ1) is 17.8. The van der Waals surface area contributed by atoms with Gasteiger partial charge in [0.25, 0.3) is 0 Å². The van der Waals surface area contributed by atoms with Crippen LogP contribution in [0.15, 0.2) is 60.7 Å². The summed E-state index contributed by atoms with van der Waals surface area (Å²) < 4.78 is 62.6. The van der Waals surface area contributed by atoms with Crippen molar-refractivity contribution in [1.29, 1.82) is 0 Å². The predicted molar refractivity (Wildman–Crippen MR) is 70.3 cm³/mol. The minimum absolute atomic E-state index is 0.613. The van der Waals surface area contributed by atoms with E-state index in [-0.39, 0.29) is 0 Å². The molecule has 0 aliphatic heterocycles. The van der Waals surface area contributed by atoms with Crippen LogP contribution in [-0.2, 0) is 0 Å². The first-order chi connectivity index (χ1) is 8.90. The van der Waals surface area contributed by atoms with E-state index in [2.05, 4.69) is 60.7 Å². The molecule has 0 atom stereocenters. The summed E-state index contributed by atoms with van der Waals surface area (Å²) in [7, 11) is 0. The third-order valence-electron chi connectivity index (χ3n) is 1.77. The Bertz CT molecular complexity index is 489. The molecular weight excluding hydrogens is 589 g/mol. The van der Waals surface area contributed by atoms with Crippen LogP contribution in [0, 0.1) is 0 Å². The molecule has 0 amide bonds. The molecule has 0 saturated carbocycles. The van der Waals surface area contributed by atoms with Gasteiger partial charge in [-0.1, -0.05) is 0 Å². The molecule has 0 spiro atoms. The summed E-state index contributed by atoms with van der Waals surface area (Å²) in [6.45, 7) is 0. The Balaban J connectivity index is 0.000000246. The third kappa shape index (κ3) is 12.7. The molecule has 0 aromatic heterocycles. The Morgan fingerprint density at radius 2 is 0.800 bits per heavy atom. The van der Waals surface area contributed by atoms with E-state index in [9.17, 15) is 16.9 Å². The van der Waals surface area contributed by atoms with Crippen molar-refractivity contribution in [3.63, 3.8) is 0 Å². The normalized spacial score (nSPS) is 14.5. The summed E-state index contributed by atoms with van der Waals surface area (Å²) in [4.78, 5) is 0. The first-order valence-electron chi connectivity index (χ1n) is 5.28. The van der Waals surface area contributed by atoms with Crippen LogP contribution in [0.2, 0.25) is 0 Å². The molecule has 0 bridgehead atoms. The molecule has 20 heavy (non-hydrogen) atoms. The molecule has 2 radical (unpaired) electrons. The predicted octanol–water partition coefficient (Wildman–Crippen LogP) is 3.48. The molecule has 0 N–H and O–H groups in total. The van der Waals surface area contributed by atoms with E-state index < -0.39 is 42.7 Å². The van der Waals surface area contributed by atoms with Gasteiger partial charge in [0.15, 0.2) is 0 Å². The molecule has 0 aliphatic carbocycles. The van der Waals surface area contributed by atoms with Gasteiger partial charge in [0.05, 0.1) is 0 Å². The molecule has 2 aromatic rings. The average molecular weight is 599 g/mol. The molecule has 0 fully saturated rings. The van der Waals surface area contributed by atoms with Crippen molar-refractivity contribution in [2.24, 2.45) is 0 Å². The van der Waals surface area contributed by atoms with Crippen LogP contribution >= 0.6 is 0 Å². The van der Waals surface area contributed by atoms with Crippen LogP contribution in [0.25, 0.3) is 0 Å². The van der Waals surface area contributed by atoms with Gasteiger partial charge >= 0.3 is 127 Å². The van der Waals surface area contributed by atoms with Crippen LogP contribution in [0.1, 0.15) is 0 Å². The van der Waals surface area contributed by atoms with E-state index in [4.69, 9.17) is 0 Å². The average Bonchev–Trinajstić information content (AvgIpc) is 2.27. The fourth-order valence-electron chi connectivity index (χ4n) is 1.15. The monoisotopic (exact) mass is 598 g/mol. The number of hydrogen-bond acceptors (Lipinski definition) is 0. The summed E-state index contributed by atoms with van der Waals surface area (Å²) >= 11 is -11.9. The number of rotatable bonds is 2. The van der Waals surface area contributed by atoms with Gasteiger partial charge in [0.1, 0.15) is 0 Å². The van der Waals surface area contributed by atoms with Crippen molar-refractivity contribution < 1.29 is 16.9 Å². The van der Waals surface area contributed by atoms with Crippen molar-refractivity contribution in [3.8, 4) is 0 Å². The second kappa shape index (κ2) is 5.84. The number of halogens is 6. The van der Waals surface area contributed by atoms with Crippen molar-refractivity contribution in [2.45, 2.75) is 0 Å². The van der Waals surface area contributed by atoms with Gasteiger partial charge in [0.2, 0.25) is 0 Å². The van der Waals surface area contributed by atoms with Gasteiger partial charge in [-0.15, -0.1) is 0 Å². The van der Waals surface area contributed by atoms with E-state index in [0.29, 0.717) is 0 Å². The van der Waals surface area contributed by atoms with E-state index in [0.717, 1.165) is 0 Å². The maximum absolute atomic E-state index is 11.2. The van der Waals surface area contributed by atoms with Crippen LogP contribution in [0.4, 0.5) is 16.9 Å². The number of hydrogen-bond donors (Lipinski definition) is 0. The Morgan fingerprint density at radius 1 is 0.550 bits per heavy atom. The second-order valence-corrected chi connectivity index (χ2v) is 14.1. The zero-order chi connectivity index (χ0) is 15.3.